The average molecular weight is 265 g/mol. The summed E-state index contributed by atoms with van der Waals surface area (Å²) in [6, 6.07) is 8.13. The first kappa shape index (κ1) is 12.3. The number of carboxylic acid groups (broad SMARTS) is 1. The van der Waals surface area contributed by atoms with Crippen LogP contribution in [-0.4, -0.2) is 21.0 Å². The van der Waals surface area contributed by atoms with Crippen molar-refractivity contribution in [1.29, 1.82) is 0 Å². The Kier molecular flexibility index (Phi) is 3.43. The lowest BCUT2D eigenvalue weighted by atomic mass is 10.3. The van der Waals surface area contributed by atoms with Crippen LogP contribution in [0.5, 0.6) is 11.8 Å². The third-order valence-corrected chi connectivity index (χ3v) is 2.40. The van der Waals surface area contributed by atoms with E-state index in [1.54, 1.807) is 31.2 Å². The van der Waals surface area contributed by atoms with Crippen LogP contribution in [0.4, 0.5) is 0 Å². The number of hydrogen-bond donors (Lipinski definition) is 1. The molecular weight excluding hydrogens is 256 g/mol. The van der Waals surface area contributed by atoms with Gasteiger partial charge in [0.25, 0.3) is 0 Å². The molecule has 1 N–H and O–H groups in total. The van der Waals surface area contributed by atoms with Crippen molar-refractivity contribution in [2.24, 2.45) is 0 Å². The second kappa shape index (κ2) is 5.01. The number of aromatic carboxylic acids is 1. The molecule has 0 bridgehead atoms. The minimum absolute atomic E-state index is 0.0412. The molecule has 0 atom stereocenters. The normalized spacial score (nSPS) is 10.1. The van der Waals surface area contributed by atoms with Crippen LogP contribution in [0.3, 0.4) is 0 Å². The molecule has 2 rings (SSSR count). The first-order valence-electron chi connectivity index (χ1n) is 5.07. The molecule has 2 aromatic rings. The third kappa shape index (κ3) is 2.75. The maximum Gasteiger partial charge on any atom is 0.354 e. The molecule has 1 aromatic carbocycles. The molecule has 0 amide bonds. The third-order valence-electron chi connectivity index (χ3n) is 2.09. The number of aromatic nitrogens is 2. The van der Waals surface area contributed by atoms with Crippen molar-refractivity contribution in [2.45, 2.75) is 6.92 Å². The van der Waals surface area contributed by atoms with Crippen LogP contribution in [0.15, 0.2) is 30.3 Å². The predicted octanol–water partition coefficient (Wildman–Crippen LogP) is 2.93. The first-order chi connectivity index (χ1) is 8.56. The number of halogens is 1. The molecular formula is C12H9ClN2O3. The van der Waals surface area contributed by atoms with Gasteiger partial charge >= 0.3 is 12.0 Å². The van der Waals surface area contributed by atoms with Crippen LogP contribution in [0.1, 0.15) is 16.2 Å². The summed E-state index contributed by atoms with van der Waals surface area (Å²) in [5.41, 5.74) is 0.383. The number of carboxylic acids is 1. The summed E-state index contributed by atoms with van der Waals surface area (Å²) >= 11 is 5.92. The monoisotopic (exact) mass is 264 g/mol. The van der Waals surface area contributed by atoms with Crippen LogP contribution >= 0.6 is 11.6 Å². The van der Waals surface area contributed by atoms with E-state index in [2.05, 4.69) is 9.97 Å². The maximum atomic E-state index is 10.9. The molecule has 0 aliphatic rings. The van der Waals surface area contributed by atoms with Gasteiger partial charge in [-0.2, -0.15) is 4.98 Å². The summed E-state index contributed by atoms with van der Waals surface area (Å²) in [6.45, 7) is 1.66. The molecule has 18 heavy (non-hydrogen) atoms. The number of para-hydroxylation sites is 1. The largest absolute Gasteiger partial charge is 0.477 e. The second-order valence-electron chi connectivity index (χ2n) is 3.51. The topological polar surface area (TPSA) is 72.3 Å². The zero-order valence-electron chi connectivity index (χ0n) is 9.42. The summed E-state index contributed by atoms with van der Waals surface area (Å²) in [5, 5.41) is 9.28. The highest BCUT2D eigenvalue weighted by Gasteiger charge is 2.11. The van der Waals surface area contributed by atoms with Gasteiger partial charge in [0.2, 0.25) is 0 Å². The van der Waals surface area contributed by atoms with E-state index < -0.39 is 5.97 Å². The second-order valence-corrected chi connectivity index (χ2v) is 3.92. The van der Waals surface area contributed by atoms with Crippen LogP contribution in [0, 0.1) is 6.92 Å². The summed E-state index contributed by atoms with van der Waals surface area (Å²) in [6.07, 6.45) is 0. The van der Waals surface area contributed by atoms with Gasteiger partial charge < -0.3 is 9.84 Å². The first-order valence-corrected chi connectivity index (χ1v) is 5.45. The van der Waals surface area contributed by atoms with Gasteiger partial charge in [0.1, 0.15) is 5.75 Å². The summed E-state index contributed by atoms with van der Waals surface area (Å²) in [4.78, 5) is 18.6. The highest BCUT2D eigenvalue weighted by atomic mass is 35.5. The summed E-state index contributed by atoms with van der Waals surface area (Å²) in [7, 11) is 0. The molecule has 0 aliphatic heterocycles. The fourth-order valence-electron chi connectivity index (χ4n) is 1.32. The SMILES string of the molecule is Cc1cc(C(=O)O)nc(Oc2ccccc2Cl)n1. The van der Waals surface area contributed by atoms with Crippen molar-refractivity contribution in [3.8, 4) is 11.8 Å². The zero-order chi connectivity index (χ0) is 13.1. The van der Waals surface area contributed by atoms with E-state index in [4.69, 9.17) is 21.4 Å². The lowest BCUT2D eigenvalue weighted by Gasteiger charge is -2.06. The molecule has 5 nitrogen and oxygen atoms in total. The summed E-state index contributed by atoms with van der Waals surface area (Å²) in [5.74, 6) is -0.759. The number of ether oxygens (including phenoxy) is 1. The van der Waals surface area contributed by atoms with Crippen LogP contribution in [-0.2, 0) is 0 Å². The predicted molar refractivity (Wildman–Crippen MR) is 65.3 cm³/mol. The highest BCUT2D eigenvalue weighted by Crippen LogP contribution is 2.27. The number of rotatable bonds is 3. The van der Waals surface area contributed by atoms with Gasteiger partial charge in [0.05, 0.1) is 5.02 Å². The van der Waals surface area contributed by atoms with Gasteiger partial charge in [-0.05, 0) is 25.1 Å². The Morgan fingerprint density at radius 1 is 1.33 bits per heavy atom. The lowest BCUT2D eigenvalue weighted by molar-refractivity contribution is 0.0689. The smallest absolute Gasteiger partial charge is 0.354 e. The van der Waals surface area contributed by atoms with E-state index in [0.29, 0.717) is 16.5 Å². The fraction of sp³-hybridized carbons (Fsp3) is 0.0833. The number of carbonyl (C=O) groups is 1. The molecule has 0 aliphatic carbocycles. The Labute approximate surface area is 108 Å². The van der Waals surface area contributed by atoms with Gasteiger partial charge in [0.15, 0.2) is 5.69 Å². The van der Waals surface area contributed by atoms with Gasteiger partial charge in [-0.1, -0.05) is 23.7 Å². The zero-order valence-corrected chi connectivity index (χ0v) is 10.2. The molecule has 92 valence electrons. The highest BCUT2D eigenvalue weighted by molar-refractivity contribution is 6.32. The number of nitrogens with zero attached hydrogens (tertiary/aromatic N) is 2. The van der Waals surface area contributed by atoms with Crippen molar-refractivity contribution >= 4 is 17.6 Å². The van der Waals surface area contributed by atoms with E-state index in [1.165, 1.54) is 6.07 Å². The number of hydrogen-bond acceptors (Lipinski definition) is 4. The molecule has 0 radical (unpaired) electrons. The Morgan fingerprint density at radius 3 is 2.72 bits per heavy atom. The van der Waals surface area contributed by atoms with Crippen molar-refractivity contribution in [3.05, 3.63) is 46.7 Å². The van der Waals surface area contributed by atoms with E-state index >= 15 is 0 Å². The quantitative estimate of drug-likeness (QED) is 0.923. The van der Waals surface area contributed by atoms with Crippen molar-refractivity contribution in [2.75, 3.05) is 0 Å². The molecule has 0 saturated heterocycles. The fourth-order valence-corrected chi connectivity index (χ4v) is 1.50. The average Bonchev–Trinajstić information content (AvgIpc) is 2.31. The van der Waals surface area contributed by atoms with Crippen molar-refractivity contribution in [3.63, 3.8) is 0 Å². The van der Waals surface area contributed by atoms with Crippen molar-refractivity contribution < 1.29 is 14.6 Å². The molecule has 6 heteroatoms. The van der Waals surface area contributed by atoms with E-state index in [-0.39, 0.29) is 11.7 Å². The number of aryl methyl sites for hydroxylation is 1. The molecule has 0 spiro atoms. The molecule has 0 unspecified atom stereocenters. The Bertz CT molecular complexity index is 602. The molecule has 1 heterocycles. The number of benzene rings is 1. The van der Waals surface area contributed by atoms with Gasteiger partial charge in [-0.3, -0.25) is 0 Å². The lowest BCUT2D eigenvalue weighted by Crippen LogP contribution is -2.04. The molecule has 0 saturated carbocycles. The Hall–Kier alpha value is -2.14. The van der Waals surface area contributed by atoms with E-state index in [0.717, 1.165) is 0 Å². The van der Waals surface area contributed by atoms with Crippen LogP contribution in [0.25, 0.3) is 0 Å². The van der Waals surface area contributed by atoms with Gasteiger partial charge in [-0.15, -0.1) is 0 Å². The standard InChI is InChI=1S/C12H9ClN2O3/c1-7-6-9(11(16)17)15-12(14-7)18-10-5-3-2-4-8(10)13/h2-6H,1H3,(H,16,17). The minimum Gasteiger partial charge on any atom is -0.477 e. The molecule has 1 aromatic heterocycles. The Balaban J connectivity index is 2.35. The van der Waals surface area contributed by atoms with Crippen LogP contribution in [0.2, 0.25) is 5.02 Å². The molecule has 0 fully saturated rings. The minimum atomic E-state index is -1.13. The van der Waals surface area contributed by atoms with E-state index in [1.807, 2.05) is 0 Å². The van der Waals surface area contributed by atoms with E-state index in [9.17, 15) is 4.79 Å². The van der Waals surface area contributed by atoms with Gasteiger partial charge in [0, 0.05) is 5.69 Å². The maximum absolute atomic E-state index is 10.9. The van der Waals surface area contributed by atoms with Gasteiger partial charge in [-0.25, -0.2) is 9.78 Å². The van der Waals surface area contributed by atoms with Crippen molar-refractivity contribution in [1.82, 2.24) is 9.97 Å². The Morgan fingerprint density at radius 2 is 2.06 bits per heavy atom. The van der Waals surface area contributed by atoms with Crippen LogP contribution < -0.4 is 4.74 Å². The summed E-state index contributed by atoms with van der Waals surface area (Å²) < 4.78 is 5.36.